The predicted octanol–water partition coefficient (Wildman–Crippen LogP) is 3.37. The third-order valence-electron chi connectivity index (χ3n) is 3.72. The zero-order chi connectivity index (χ0) is 13.0. The third-order valence-corrected chi connectivity index (χ3v) is 3.95. The van der Waals surface area contributed by atoms with Gasteiger partial charge in [-0.3, -0.25) is 0 Å². The molecule has 100 valence electrons. The predicted molar refractivity (Wildman–Crippen MR) is 71.0 cm³/mol. The third kappa shape index (κ3) is 3.44. The number of ether oxygens (including phenoxy) is 1. The van der Waals surface area contributed by atoms with Gasteiger partial charge in [0, 0.05) is 10.6 Å². The van der Waals surface area contributed by atoms with Crippen molar-refractivity contribution < 1.29 is 9.13 Å². The van der Waals surface area contributed by atoms with Crippen molar-refractivity contribution in [3.05, 3.63) is 34.6 Å². The molecule has 0 spiro atoms. The number of rotatable bonds is 5. The van der Waals surface area contributed by atoms with Gasteiger partial charge in [0.15, 0.2) is 0 Å². The average molecular weight is 272 g/mol. The van der Waals surface area contributed by atoms with Crippen molar-refractivity contribution in [1.82, 2.24) is 0 Å². The molecule has 1 aromatic carbocycles. The van der Waals surface area contributed by atoms with E-state index >= 15 is 0 Å². The topological polar surface area (TPSA) is 35.2 Å². The fourth-order valence-electron chi connectivity index (χ4n) is 2.62. The molecule has 2 N–H and O–H groups in total. The number of benzene rings is 1. The minimum absolute atomic E-state index is 0.263. The van der Waals surface area contributed by atoms with Crippen LogP contribution in [0.3, 0.4) is 0 Å². The fraction of sp³-hybridized carbons (Fsp3) is 0.571. The van der Waals surface area contributed by atoms with Gasteiger partial charge in [0.25, 0.3) is 0 Å². The van der Waals surface area contributed by atoms with E-state index in [1.54, 1.807) is 12.1 Å². The van der Waals surface area contributed by atoms with Crippen molar-refractivity contribution in [3.8, 4) is 0 Å². The van der Waals surface area contributed by atoms with Crippen LogP contribution in [-0.4, -0.2) is 13.2 Å². The molecule has 2 rings (SSSR count). The Balaban J connectivity index is 1.83. The van der Waals surface area contributed by atoms with Gasteiger partial charge in [0.1, 0.15) is 5.82 Å². The van der Waals surface area contributed by atoms with Crippen molar-refractivity contribution in [2.75, 3.05) is 13.2 Å². The van der Waals surface area contributed by atoms with Crippen molar-refractivity contribution >= 4 is 11.6 Å². The second-order valence-electron chi connectivity index (χ2n) is 4.94. The smallest absolute Gasteiger partial charge is 0.128 e. The lowest BCUT2D eigenvalue weighted by Crippen LogP contribution is -2.22. The Bertz CT molecular complexity index is 399. The maximum absolute atomic E-state index is 13.5. The maximum atomic E-state index is 13.5. The highest BCUT2D eigenvalue weighted by atomic mass is 35.5. The van der Waals surface area contributed by atoms with E-state index in [2.05, 4.69) is 0 Å². The molecule has 0 amide bonds. The largest absolute Gasteiger partial charge is 0.376 e. The summed E-state index contributed by atoms with van der Waals surface area (Å²) in [4.78, 5) is 0. The molecule has 2 atom stereocenters. The molecule has 0 heterocycles. The zero-order valence-corrected chi connectivity index (χ0v) is 11.1. The molecule has 0 radical (unpaired) electrons. The van der Waals surface area contributed by atoms with Crippen LogP contribution in [0.1, 0.15) is 24.8 Å². The Hall–Kier alpha value is -0.640. The standard InChI is InChI=1S/C14H19ClFNO/c15-13-4-5-14(16)12(6-13)9-18-8-11-3-1-2-10(11)7-17/h4-6,10-11H,1-3,7-9,17H2. The summed E-state index contributed by atoms with van der Waals surface area (Å²) < 4.78 is 19.1. The second kappa shape index (κ2) is 6.50. The van der Waals surface area contributed by atoms with Gasteiger partial charge in [-0.2, -0.15) is 0 Å². The molecule has 0 saturated heterocycles. The van der Waals surface area contributed by atoms with E-state index in [0.29, 0.717) is 29.0 Å². The Kier molecular flexibility index (Phi) is 4.98. The SMILES string of the molecule is NCC1CCCC1COCc1cc(Cl)ccc1F. The van der Waals surface area contributed by atoms with Gasteiger partial charge in [0.2, 0.25) is 0 Å². The average Bonchev–Trinajstić information content (AvgIpc) is 2.81. The van der Waals surface area contributed by atoms with Crippen LogP contribution >= 0.6 is 11.6 Å². The van der Waals surface area contributed by atoms with Crippen LogP contribution in [0.4, 0.5) is 4.39 Å². The monoisotopic (exact) mass is 271 g/mol. The quantitative estimate of drug-likeness (QED) is 0.891. The van der Waals surface area contributed by atoms with E-state index in [-0.39, 0.29) is 12.4 Å². The lowest BCUT2D eigenvalue weighted by molar-refractivity contribution is 0.0737. The molecule has 2 unspecified atom stereocenters. The van der Waals surface area contributed by atoms with Gasteiger partial charge in [-0.05, 0) is 49.4 Å². The Labute approximate surface area is 112 Å². The molecule has 1 aliphatic carbocycles. The molecule has 1 aromatic rings. The van der Waals surface area contributed by atoms with Crippen molar-refractivity contribution in [2.24, 2.45) is 17.6 Å². The van der Waals surface area contributed by atoms with Crippen LogP contribution in [0.5, 0.6) is 0 Å². The first-order chi connectivity index (χ1) is 8.70. The lowest BCUT2D eigenvalue weighted by Gasteiger charge is -2.17. The fourth-order valence-corrected chi connectivity index (χ4v) is 2.81. The molecule has 4 heteroatoms. The lowest BCUT2D eigenvalue weighted by atomic mass is 9.97. The highest BCUT2D eigenvalue weighted by Gasteiger charge is 2.25. The molecule has 1 aliphatic rings. The van der Waals surface area contributed by atoms with Gasteiger partial charge in [0.05, 0.1) is 13.2 Å². The van der Waals surface area contributed by atoms with Crippen LogP contribution in [0.2, 0.25) is 5.02 Å². The second-order valence-corrected chi connectivity index (χ2v) is 5.37. The van der Waals surface area contributed by atoms with Crippen LogP contribution in [0, 0.1) is 17.7 Å². The first-order valence-electron chi connectivity index (χ1n) is 6.42. The highest BCUT2D eigenvalue weighted by Crippen LogP contribution is 2.31. The minimum atomic E-state index is -0.263. The van der Waals surface area contributed by atoms with Crippen LogP contribution in [-0.2, 0) is 11.3 Å². The number of halogens is 2. The summed E-state index contributed by atoms with van der Waals surface area (Å²) in [5, 5.41) is 0.538. The number of hydrogen-bond acceptors (Lipinski definition) is 2. The summed E-state index contributed by atoms with van der Waals surface area (Å²) in [5.74, 6) is 0.827. The Morgan fingerprint density at radius 2 is 2.11 bits per heavy atom. The van der Waals surface area contributed by atoms with E-state index in [4.69, 9.17) is 22.1 Å². The molecule has 0 aliphatic heterocycles. The van der Waals surface area contributed by atoms with Crippen LogP contribution < -0.4 is 5.73 Å². The molecule has 1 saturated carbocycles. The molecule has 2 nitrogen and oxygen atoms in total. The summed E-state index contributed by atoms with van der Waals surface area (Å²) in [6.45, 7) is 1.66. The minimum Gasteiger partial charge on any atom is -0.376 e. The van der Waals surface area contributed by atoms with Gasteiger partial charge in [-0.25, -0.2) is 4.39 Å². The molecular weight excluding hydrogens is 253 g/mol. The van der Waals surface area contributed by atoms with Crippen molar-refractivity contribution in [2.45, 2.75) is 25.9 Å². The number of hydrogen-bond donors (Lipinski definition) is 1. The maximum Gasteiger partial charge on any atom is 0.128 e. The van der Waals surface area contributed by atoms with E-state index in [1.165, 1.54) is 25.3 Å². The van der Waals surface area contributed by atoms with Crippen LogP contribution in [0.15, 0.2) is 18.2 Å². The van der Waals surface area contributed by atoms with Gasteiger partial charge >= 0.3 is 0 Å². The Morgan fingerprint density at radius 1 is 1.33 bits per heavy atom. The summed E-state index contributed by atoms with van der Waals surface area (Å²) in [6, 6.07) is 4.53. The van der Waals surface area contributed by atoms with Crippen molar-refractivity contribution in [3.63, 3.8) is 0 Å². The molecule has 1 fully saturated rings. The molecular formula is C14H19ClFNO. The number of nitrogens with two attached hydrogens (primary N) is 1. The van der Waals surface area contributed by atoms with Gasteiger partial charge in [-0.15, -0.1) is 0 Å². The summed E-state index contributed by atoms with van der Waals surface area (Å²) in [7, 11) is 0. The summed E-state index contributed by atoms with van der Waals surface area (Å²) >= 11 is 5.83. The van der Waals surface area contributed by atoms with E-state index in [0.717, 1.165) is 6.54 Å². The van der Waals surface area contributed by atoms with E-state index in [9.17, 15) is 4.39 Å². The first-order valence-corrected chi connectivity index (χ1v) is 6.80. The van der Waals surface area contributed by atoms with E-state index in [1.807, 2.05) is 0 Å². The van der Waals surface area contributed by atoms with Crippen LogP contribution in [0.25, 0.3) is 0 Å². The normalized spacial score (nSPS) is 23.5. The molecule has 18 heavy (non-hydrogen) atoms. The molecule has 0 bridgehead atoms. The highest BCUT2D eigenvalue weighted by molar-refractivity contribution is 6.30. The first kappa shape index (κ1) is 13.8. The van der Waals surface area contributed by atoms with E-state index < -0.39 is 0 Å². The zero-order valence-electron chi connectivity index (χ0n) is 10.4. The molecule has 0 aromatic heterocycles. The van der Waals surface area contributed by atoms with Gasteiger partial charge in [-0.1, -0.05) is 18.0 Å². The van der Waals surface area contributed by atoms with Crippen molar-refractivity contribution in [1.29, 1.82) is 0 Å². The van der Waals surface area contributed by atoms with Gasteiger partial charge < -0.3 is 10.5 Å². The summed E-state index contributed by atoms with van der Waals surface area (Å²) in [6.07, 6.45) is 3.58. The summed E-state index contributed by atoms with van der Waals surface area (Å²) in [5.41, 5.74) is 6.24. The Morgan fingerprint density at radius 3 is 2.89 bits per heavy atom.